The summed E-state index contributed by atoms with van der Waals surface area (Å²) in [5, 5.41) is 15.7. The Morgan fingerprint density at radius 2 is 1.80 bits per heavy atom. The highest BCUT2D eigenvalue weighted by Gasteiger charge is 2.45. The van der Waals surface area contributed by atoms with Gasteiger partial charge in [0.05, 0.1) is 12.3 Å². The first-order chi connectivity index (χ1) is 20.5. The minimum atomic E-state index is -4.74. The van der Waals surface area contributed by atoms with Crippen LogP contribution in [0.3, 0.4) is 0 Å². The summed E-state index contributed by atoms with van der Waals surface area (Å²) in [5.41, 5.74) is 2.80. The molecule has 3 N–H and O–H groups in total. The molecule has 2 atom stereocenters. The van der Waals surface area contributed by atoms with Gasteiger partial charge in [0.2, 0.25) is 0 Å². The van der Waals surface area contributed by atoms with Gasteiger partial charge in [0.15, 0.2) is 0 Å². The Balaban J connectivity index is 0.00000904. The van der Waals surface area contributed by atoms with Crippen LogP contribution >= 0.6 is 10.8 Å². The highest BCUT2D eigenvalue weighted by molar-refractivity contribution is 8.22. The molecule has 0 aromatic carbocycles. The van der Waals surface area contributed by atoms with Crippen LogP contribution in [0.4, 0.5) is 17.6 Å². The zero-order chi connectivity index (χ0) is 34.1. The van der Waals surface area contributed by atoms with Crippen LogP contribution in [-0.4, -0.2) is 68.4 Å². The first kappa shape index (κ1) is 41.8. The van der Waals surface area contributed by atoms with Gasteiger partial charge in [0.25, 0.3) is 0 Å². The van der Waals surface area contributed by atoms with Gasteiger partial charge in [0, 0.05) is 26.4 Å². The molecule has 0 amide bonds. The minimum absolute atomic E-state index is 0.0214. The summed E-state index contributed by atoms with van der Waals surface area (Å²) < 4.78 is 76.0. The van der Waals surface area contributed by atoms with Crippen molar-refractivity contribution in [2.24, 2.45) is 16.4 Å². The topological polar surface area (TPSA) is 79.5 Å². The summed E-state index contributed by atoms with van der Waals surface area (Å²) in [6.07, 6.45) is 8.80. The summed E-state index contributed by atoms with van der Waals surface area (Å²) in [6.45, 7) is 18.6. The molecule has 254 valence electrons. The quantitative estimate of drug-likeness (QED) is 0.0481. The fraction of sp³-hybridized carbons (Fsp3) is 0.606. The third kappa shape index (κ3) is 13.9. The van der Waals surface area contributed by atoms with Crippen molar-refractivity contribution in [3.8, 4) is 0 Å². The molecule has 0 aliphatic heterocycles. The maximum absolute atomic E-state index is 13.4. The average Bonchev–Trinajstić information content (AvgIpc) is 3.26. The molecule has 11 heteroatoms. The summed E-state index contributed by atoms with van der Waals surface area (Å²) in [4.78, 5) is 0. The number of hydrazone groups is 1. The lowest BCUT2D eigenvalue weighted by molar-refractivity contribution is -0.108. The van der Waals surface area contributed by atoms with E-state index in [1.165, 1.54) is 27.0 Å². The van der Waals surface area contributed by atoms with Crippen molar-refractivity contribution in [3.63, 3.8) is 0 Å². The molecule has 0 aromatic heterocycles. The van der Waals surface area contributed by atoms with E-state index >= 15 is 0 Å². The van der Waals surface area contributed by atoms with E-state index in [4.69, 9.17) is 0 Å². The SMILES string of the molecule is C=C(F)/C=C\C(=C)N(C)/N=C\CC[C@@]1(C)/C(=C\C)CC[C@@H]1CN(CC/C(CC)=C(/C=C\C)CO)S(O)(O)CC(F)(F)F.CC. The van der Waals surface area contributed by atoms with Crippen molar-refractivity contribution < 1.29 is 31.8 Å². The largest absolute Gasteiger partial charge is 0.407 e. The van der Waals surface area contributed by atoms with Crippen molar-refractivity contribution >= 4 is 17.0 Å². The normalized spacial score (nSPS) is 21.3. The molecule has 0 bridgehead atoms. The molecule has 0 radical (unpaired) electrons. The number of likely N-dealkylation sites (N-methyl/N-ethyl adjacent to an activating group) is 1. The maximum atomic E-state index is 13.4. The fourth-order valence-electron chi connectivity index (χ4n) is 5.46. The molecule has 0 unspecified atom stereocenters. The average molecular weight is 650 g/mol. The lowest BCUT2D eigenvalue weighted by Crippen LogP contribution is -2.41. The number of alkyl halides is 3. The van der Waals surface area contributed by atoms with Crippen LogP contribution in [-0.2, 0) is 0 Å². The Hall–Kier alpha value is -2.18. The van der Waals surface area contributed by atoms with Crippen LogP contribution < -0.4 is 0 Å². The first-order valence-corrected chi connectivity index (χ1v) is 16.9. The second kappa shape index (κ2) is 20.0. The van der Waals surface area contributed by atoms with E-state index < -0.39 is 33.9 Å². The minimum Gasteiger partial charge on any atom is -0.392 e. The maximum Gasteiger partial charge on any atom is 0.407 e. The zero-order valence-corrected chi connectivity index (χ0v) is 28.4. The molecule has 0 heterocycles. The number of aliphatic hydroxyl groups is 1. The smallest absolute Gasteiger partial charge is 0.392 e. The van der Waals surface area contributed by atoms with Crippen LogP contribution in [0.2, 0.25) is 0 Å². The van der Waals surface area contributed by atoms with Gasteiger partial charge in [0.1, 0.15) is 11.6 Å². The number of allylic oxidation sites excluding steroid dienone is 6. The molecule has 0 saturated heterocycles. The second-order valence-electron chi connectivity index (χ2n) is 10.8. The first-order valence-electron chi connectivity index (χ1n) is 15.2. The lowest BCUT2D eigenvalue weighted by atomic mass is 9.73. The van der Waals surface area contributed by atoms with Crippen molar-refractivity contribution in [3.05, 3.63) is 71.8 Å². The van der Waals surface area contributed by atoms with E-state index in [2.05, 4.69) is 25.2 Å². The molecule has 6 nitrogen and oxygen atoms in total. The van der Waals surface area contributed by atoms with E-state index in [-0.39, 0.29) is 25.6 Å². The molecular weight excluding hydrogens is 594 g/mol. The van der Waals surface area contributed by atoms with Gasteiger partial charge in [-0.3, -0.25) is 14.1 Å². The predicted octanol–water partition coefficient (Wildman–Crippen LogP) is 9.82. The number of hydrogen-bond acceptors (Lipinski definition) is 6. The number of halogens is 4. The molecule has 44 heavy (non-hydrogen) atoms. The van der Waals surface area contributed by atoms with Crippen LogP contribution in [0.25, 0.3) is 0 Å². The molecular formula is C33H55F4N3O3S. The van der Waals surface area contributed by atoms with Gasteiger partial charge in [-0.05, 0) is 81.4 Å². The third-order valence-corrected chi connectivity index (χ3v) is 9.82. The number of aliphatic hydroxyl groups excluding tert-OH is 1. The lowest BCUT2D eigenvalue weighted by Gasteiger charge is -2.46. The highest BCUT2D eigenvalue weighted by Crippen LogP contribution is 2.54. The van der Waals surface area contributed by atoms with Gasteiger partial charge in [-0.25, -0.2) is 8.70 Å². The van der Waals surface area contributed by atoms with Gasteiger partial charge < -0.3 is 5.11 Å². The monoisotopic (exact) mass is 649 g/mol. The van der Waals surface area contributed by atoms with Crippen LogP contribution in [0.5, 0.6) is 0 Å². The summed E-state index contributed by atoms with van der Waals surface area (Å²) in [6, 6.07) is 0. The Bertz CT molecular complexity index is 1070. The molecule has 1 rings (SSSR count). The fourth-order valence-corrected chi connectivity index (χ4v) is 6.89. The Morgan fingerprint density at radius 1 is 1.16 bits per heavy atom. The molecule has 0 spiro atoms. The van der Waals surface area contributed by atoms with E-state index in [0.29, 0.717) is 43.4 Å². The van der Waals surface area contributed by atoms with Gasteiger partial charge >= 0.3 is 6.18 Å². The zero-order valence-electron chi connectivity index (χ0n) is 27.6. The molecule has 1 aliphatic carbocycles. The number of nitrogens with zero attached hydrogens (tertiary/aromatic N) is 3. The number of hydrogen-bond donors (Lipinski definition) is 3. The van der Waals surface area contributed by atoms with Gasteiger partial charge in [-0.2, -0.15) is 18.3 Å². The van der Waals surface area contributed by atoms with Gasteiger partial charge in [-0.1, -0.05) is 70.2 Å². The van der Waals surface area contributed by atoms with Crippen molar-refractivity contribution in [2.75, 3.05) is 32.5 Å². The van der Waals surface area contributed by atoms with Crippen LogP contribution in [0, 0.1) is 11.3 Å². The van der Waals surface area contributed by atoms with Crippen molar-refractivity contribution in [1.82, 2.24) is 9.31 Å². The Morgan fingerprint density at radius 3 is 2.30 bits per heavy atom. The number of rotatable bonds is 17. The van der Waals surface area contributed by atoms with E-state index in [9.17, 15) is 31.8 Å². The van der Waals surface area contributed by atoms with Crippen molar-refractivity contribution in [2.45, 2.75) is 86.2 Å². The van der Waals surface area contributed by atoms with E-state index in [0.717, 1.165) is 12.0 Å². The van der Waals surface area contributed by atoms with E-state index in [1.807, 2.05) is 40.7 Å². The molecule has 1 aliphatic rings. The summed E-state index contributed by atoms with van der Waals surface area (Å²) in [7, 11) is -2.46. The Kier molecular flexibility index (Phi) is 19.1. The van der Waals surface area contributed by atoms with Gasteiger partial charge in [-0.15, -0.1) is 10.8 Å². The Labute approximate surface area is 264 Å². The van der Waals surface area contributed by atoms with Crippen LogP contribution in [0.15, 0.2) is 76.9 Å². The summed E-state index contributed by atoms with van der Waals surface area (Å²) in [5.74, 6) is -2.41. The third-order valence-electron chi connectivity index (χ3n) is 7.94. The highest BCUT2D eigenvalue weighted by atomic mass is 32.3. The predicted molar refractivity (Wildman–Crippen MR) is 179 cm³/mol. The molecule has 1 fully saturated rings. The molecule has 1 saturated carbocycles. The summed E-state index contributed by atoms with van der Waals surface area (Å²) >= 11 is 0. The van der Waals surface area contributed by atoms with E-state index in [1.54, 1.807) is 25.4 Å². The van der Waals surface area contributed by atoms with Crippen LogP contribution in [0.1, 0.15) is 80.1 Å². The standard InChI is InChI=1S/C31H49F4N3O3S.C2H6/c1-8-12-27(22-39)26(9-2)17-20-38(42(40,41)23-31(33,34)35)21-29-16-15-28(10-3)30(29,6)18-11-19-36-37(7)25(5)14-13-24(4)32;1-2/h8,10,12-14,19,29,39-41H,4-5,9,11,15-18,20-23H2,1-3,6-7H3;1-2H3/b12-8-,14-13-,27-26-,28-10-,36-19-;/t29-,30+;/m1./s1. The van der Waals surface area contributed by atoms with Crippen molar-refractivity contribution in [1.29, 1.82) is 0 Å². The second-order valence-corrected chi connectivity index (χ2v) is 12.8. The molecule has 0 aromatic rings.